The lowest BCUT2D eigenvalue weighted by Crippen LogP contribution is -2.47. The lowest BCUT2D eigenvalue weighted by Gasteiger charge is -2.18. The third-order valence-electron chi connectivity index (χ3n) is 4.86. The van der Waals surface area contributed by atoms with Crippen LogP contribution in [0.5, 0.6) is 0 Å². The van der Waals surface area contributed by atoms with E-state index < -0.39 is 5.91 Å². The topological polar surface area (TPSA) is 66.5 Å². The van der Waals surface area contributed by atoms with Gasteiger partial charge in [0.05, 0.1) is 22.4 Å². The molecule has 4 rings (SSSR count). The molecule has 118 valence electrons. The molecule has 23 heavy (non-hydrogen) atoms. The van der Waals surface area contributed by atoms with Gasteiger partial charge in [0.2, 0.25) is 0 Å². The lowest BCUT2D eigenvalue weighted by atomic mass is 9.85. The van der Waals surface area contributed by atoms with Gasteiger partial charge in [0, 0.05) is 5.02 Å². The molecule has 1 aromatic rings. The number of benzene rings is 1. The van der Waals surface area contributed by atoms with Gasteiger partial charge < -0.3 is 0 Å². The maximum atomic E-state index is 12.5. The van der Waals surface area contributed by atoms with Crippen molar-refractivity contribution in [2.24, 2.45) is 23.7 Å². The first-order valence-corrected chi connectivity index (χ1v) is 8.05. The Morgan fingerprint density at radius 1 is 1.09 bits per heavy atom. The van der Waals surface area contributed by atoms with Crippen molar-refractivity contribution in [3.05, 3.63) is 46.0 Å². The highest BCUT2D eigenvalue weighted by Crippen LogP contribution is 2.52. The average Bonchev–Trinajstić information content (AvgIpc) is 3.17. The highest BCUT2D eigenvalue weighted by atomic mass is 35.5. The maximum absolute atomic E-state index is 12.5. The van der Waals surface area contributed by atoms with Gasteiger partial charge in [0.1, 0.15) is 0 Å². The zero-order valence-corrected chi connectivity index (χ0v) is 13.3. The normalized spacial score (nSPS) is 31.0. The van der Waals surface area contributed by atoms with E-state index in [1.165, 1.54) is 18.2 Å². The van der Waals surface area contributed by atoms with Gasteiger partial charge in [-0.3, -0.25) is 19.8 Å². The Hall–Kier alpha value is -1.85. The predicted molar refractivity (Wildman–Crippen MR) is 83.5 cm³/mol. The largest absolute Gasteiger partial charge is 0.272 e. The smallest absolute Gasteiger partial charge is 0.271 e. The summed E-state index contributed by atoms with van der Waals surface area (Å²) in [6.45, 7) is 0. The number of nitrogens with one attached hydrogen (secondary N) is 1. The van der Waals surface area contributed by atoms with E-state index in [2.05, 4.69) is 5.43 Å². The zero-order chi connectivity index (χ0) is 16.3. The molecule has 1 saturated carbocycles. The van der Waals surface area contributed by atoms with Crippen LogP contribution in [0.2, 0.25) is 10.0 Å². The summed E-state index contributed by atoms with van der Waals surface area (Å²) in [4.78, 5) is 37.3. The Balaban J connectivity index is 1.57. The molecule has 1 saturated heterocycles. The number of carbonyl (C=O) groups is 3. The number of carbonyl (C=O) groups excluding carboxylic acids is 3. The summed E-state index contributed by atoms with van der Waals surface area (Å²) in [5.74, 6) is -1.78. The van der Waals surface area contributed by atoms with Crippen LogP contribution in [0.15, 0.2) is 30.4 Å². The van der Waals surface area contributed by atoms with E-state index in [1.54, 1.807) is 0 Å². The highest BCUT2D eigenvalue weighted by Gasteiger charge is 2.59. The zero-order valence-electron chi connectivity index (χ0n) is 11.8. The van der Waals surface area contributed by atoms with E-state index in [0.29, 0.717) is 5.02 Å². The van der Waals surface area contributed by atoms with Gasteiger partial charge in [-0.15, -0.1) is 0 Å². The quantitative estimate of drug-likeness (QED) is 0.658. The third kappa shape index (κ3) is 2.11. The predicted octanol–water partition coefficient (Wildman–Crippen LogP) is 2.45. The Labute approximate surface area is 142 Å². The summed E-state index contributed by atoms with van der Waals surface area (Å²) < 4.78 is 0. The summed E-state index contributed by atoms with van der Waals surface area (Å²) in [6.07, 6.45) is 4.84. The number of nitrogens with zero attached hydrogens (tertiary/aromatic N) is 1. The van der Waals surface area contributed by atoms with Gasteiger partial charge in [-0.05, 0) is 36.5 Å². The van der Waals surface area contributed by atoms with Crippen molar-refractivity contribution in [1.82, 2.24) is 10.4 Å². The van der Waals surface area contributed by atoms with Crippen LogP contribution in [-0.4, -0.2) is 22.7 Å². The van der Waals surface area contributed by atoms with Gasteiger partial charge >= 0.3 is 0 Å². The first-order chi connectivity index (χ1) is 11.0. The molecule has 1 N–H and O–H groups in total. The second kappa shape index (κ2) is 5.08. The van der Waals surface area contributed by atoms with Crippen LogP contribution in [0, 0.1) is 23.7 Å². The third-order valence-corrected chi connectivity index (χ3v) is 5.41. The standard InChI is InChI=1S/C16H12Cl2N2O3/c17-9-3-4-10(11(18)6-9)14(21)19-20-15(22)12-7-1-2-8(5-7)13(12)16(20)23/h1-4,6-8,12-13H,5H2,(H,19,21)/t7-,8-,12+,13+/m0/s1. The van der Waals surface area contributed by atoms with Crippen molar-refractivity contribution in [3.63, 3.8) is 0 Å². The van der Waals surface area contributed by atoms with Crippen molar-refractivity contribution in [2.45, 2.75) is 6.42 Å². The van der Waals surface area contributed by atoms with Gasteiger partial charge in [-0.1, -0.05) is 35.4 Å². The first kappa shape index (κ1) is 14.7. The monoisotopic (exact) mass is 350 g/mol. The molecule has 0 radical (unpaired) electrons. The molecule has 2 bridgehead atoms. The van der Waals surface area contributed by atoms with Gasteiger partial charge in [0.15, 0.2) is 0 Å². The molecule has 1 aliphatic heterocycles. The molecule has 1 heterocycles. The van der Waals surface area contributed by atoms with Crippen LogP contribution < -0.4 is 5.43 Å². The van der Waals surface area contributed by atoms with E-state index in [4.69, 9.17) is 23.2 Å². The number of fused-ring (bicyclic) bond motifs is 5. The number of imide groups is 1. The molecule has 1 aromatic carbocycles. The molecule has 2 fully saturated rings. The second-order valence-electron chi connectivity index (χ2n) is 6.08. The fraction of sp³-hybridized carbons (Fsp3) is 0.312. The summed E-state index contributed by atoms with van der Waals surface area (Å²) in [6, 6.07) is 4.41. The minimum atomic E-state index is -0.603. The summed E-state index contributed by atoms with van der Waals surface area (Å²) in [5, 5.41) is 1.42. The Kier molecular flexibility index (Phi) is 3.25. The van der Waals surface area contributed by atoms with Gasteiger partial charge in [0.25, 0.3) is 17.7 Å². The minimum absolute atomic E-state index is 0.0995. The SMILES string of the molecule is O=C(NN1C(=O)[C@H]2[C@H](C1=O)[C@H]1C=C[C@H]2C1)c1ccc(Cl)cc1Cl. The molecular weight excluding hydrogens is 339 g/mol. The van der Waals surface area contributed by atoms with Crippen LogP contribution in [0.3, 0.4) is 0 Å². The van der Waals surface area contributed by atoms with Gasteiger partial charge in [-0.2, -0.15) is 5.01 Å². The number of hydrazine groups is 1. The molecule has 0 aromatic heterocycles. The van der Waals surface area contributed by atoms with E-state index in [1.807, 2.05) is 12.2 Å². The first-order valence-electron chi connectivity index (χ1n) is 7.29. The van der Waals surface area contributed by atoms with Crippen LogP contribution in [0.25, 0.3) is 0 Å². The maximum Gasteiger partial charge on any atom is 0.271 e. The van der Waals surface area contributed by atoms with Crippen LogP contribution in [-0.2, 0) is 9.59 Å². The van der Waals surface area contributed by atoms with E-state index >= 15 is 0 Å². The van der Waals surface area contributed by atoms with Gasteiger partial charge in [-0.25, -0.2) is 0 Å². The number of halogens is 2. The van der Waals surface area contributed by atoms with Crippen LogP contribution in [0.1, 0.15) is 16.8 Å². The average molecular weight is 351 g/mol. The Morgan fingerprint density at radius 3 is 2.26 bits per heavy atom. The number of allylic oxidation sites excluding steroid dienone is 2. The summed E-state index contributed by atoms with van der Waals surface area (Å²) in [7, 11) is 0. The number of hydrogen-bond acceptors (Lipinski definition) is 3. The molecule has 5 nitrogen and oxygen atoms in total. The number of amides is 3. The minimum Gasteiger partial charge on any atom is -0.272 e. The van der Waals surface area contributed by atoms with Crippen molar-refractivity contribution in [2.75, 3.05) is 0 Å². The summed E-state index contributed by atoms with van der Waals surface area (Å²) >= 11 is 11.8. The van der Waals surface area contributed by atoms with E-state index in [9.17, 15) is 14.4 Å². The molecule has 7 heteroatoms. The molecule has 0 spiro atoms. The molecular formula is C16H12Cl2N2O3. The molecule has 3 aliphatic rings. The summed E-state index contributed by atoms with van der Waals surface area (Å²) in [5.41, 5.74) is 2.55. The second-order valence-corrected chi connectivity index (χ2v) is 6.92. The molecule has 0 unspecified atom stereocenters. The lowest BCUT2D eigenvalue weighted by molar-refractivity contribution is -0.143. The van der Waals surface area contributed by atoms with Crippen molar-refractivity contribution >= 4 is 40.9 Å². The Morgan fingerprint density at radius 2 is 1.70 bits per heavy atom. The number of rotatable bonds is 2. The Bertz CT molecular complexity index is 747. The fourth-order valence-corrected chi connectivity index (χ4v) is 4.34. The van der Waals surface area contributed by atoms with Crippen LogP contribution >= 0.6 is 23.2 Å². The fourth-order valence-electron chi connectivity index (χ4n) is 3.85. The number of hydrogen-bond donors (Lipinski definition) is 1. The van der Waals surface area contributed by atoms with Crippen LogP contribution in [0.4, 0.5) is 0 Å². The molecule has 4 atom stereocenters. The molecule has 3 amide bonds. The highest BCUT2D eigenvalue weighted by molar-refractivity contribution is 6.36. The molecule has 2 aliphatic carbocycles. The van der Waals surface area contributed by atoms with Crippen molar-refractivity contribution in [1.29, 1.82) is 0 Å². The van der Waals surface area contributed by atoms with Crippen molar-refractivity contribution in [3.8, 4) is 0 Å². The van der Waals surface area contributed by atoms with E-state index in [-0.39, 0.29) is 46.1 Å². The van der Waals surface area contributed by atoms with E-state index in [0.717, 1.165) is 11.4 Å². The van der Waals surface area contributed by atoms with Crippen molar-refractivity contribution < 1.29 is 14.4 Å².